The Kier molecular flexibility index (Phi) is 11.7. The Morgan fingerprint density at radius 2 is 1.61 bits per heavy atom. The average molecular weight is 643 g/mol. The Bertz CT molecular complexity index is 1450. The number of hydrogen-bond donors (Lipinski definition) is 3. The standard InChI is InChI=1S/C33H37ClFN5O3.ClH/c1-22(41)36-21-31(27-8-4-5-9-28(27)35)39-14-16-40(17-15-39)33(43)30(18-23-10-12-26(34)13-11-23)38-32(42)29-19-24-6-2-3-7-25(24)20-37-29;/h2-13,29-31,37H,14-21H2,1H3,(H,36,41)(H,38,42);1H/t29-,30-,31?;/m1./s1. The van der Waals surface area contributed by atoms with E-state index in [-0.39, 0.29) is 48.5 Å². The highest BCUT2D eigenvalue weighted by Gasteiger charge is 2.34. The normalized spacial score (nSPS) is 17.9. The zero-order valence-corrected chi connectivity index (χ0v) is 26.2. The van der Waals surface area contributed by atoms with Crippen LogP contribution in [0.15, 0.2) is 72.8 Å². The molecule has 0 bridgehead atoms. The fourth-order valence-corrected chi connectivity index (χ4v) is 5.99. The molecule has 1 fully saturated rings. The predicted molar refractivity (Wildman–Crippen MR) is 171 cm³/mol. The van der Waals surface area contributed by atoms with E-state index in [0.717, 1.165) is 11.1 Å². The number of amides is 3. The molecule has 3 N–H and O–H groups in total. The highest BCUT2D eigenvalue weighted by atomic mass is 35.5. The maximum atomic E-state index is 14.8. The highest BCUT2D eigenvalue weighted by molar-refractivity contribution is 6.30. The molecule has 0 radical (unpaired) electrons. The number of carbonyl (C=O) groups is 3. The van der Waals surface area contributed by atoms with Gasteiger partial charge in [-0.25, -0.2) is 4.39 Å². The molecule has 5 rings (SSSR count). The van der Waals surface area contributed by atoms with Gasteiger partial charge in [-0.05, 0) is 41.3 Å². The van der Waals surface area contributed by atoms with Crippen LogP contribution in [0.1, 0.15) is 35.2 Å². The van der Waals surface area contributed by atoms with Crippen LogP contribution >= 0.6 is 24.0 Å². The van der Waals surface area contributed by atoms with Crippen LogP contribution in [-0.4, -0.2) is 72.3 Å². The quantitative estimate of drug-likeness (QED) is 0.332. The molecule has 3 aromatic rings. The third-order valence-corrected chi connectivity index (χ3v) is 8.49. The second-order valence-electron chi connectivity index (χ2n) is 11.1. The van der Waals surface area contributed by atoms with E-state index in [9.17, 15) is 18.8 Å². The molecule has 3 aromatic carbocycles. The number of rotatable bonds is 9. The van der Waals surface area contributed by atoms with Gasteiger partial charge in [0.1, 0.15) is 11.9 Å². The van der Waals surface area contributed by atoms with Crippen molar-refractivity contribution in [3.05, 3.63) is 106 Å². The number of halogens is 3. The zero-order valence-electron chi connectivity index (χ0n) is 24.6. The summed E-state index contributed by atoms with van der Waals surface area (Å²) in [4.78, 5) is 42.9. The van der Waals surface area contributed by atoms with E-state index in [1.165, 1.54) is 18.6 Å². The van der Waals surface area contributed by atoms with Crippen molar-refractivity contribution in [1.82, 2.24) is 25.8 Å². The summed E-state index contributed by atoms with van der Waals surface area (Å²) >= 11 is 6.09. The number of piperazine rings is 1. The summed E-state index contributed by atoms with van der Waals surface area (Å²) in [6, 6.07) is 20.3. The minimum atomic E-state index is -0.763. The van der Waals surface area contributed by atoms with Gasteiger partial charge in [0.05, 0.1) is 12.1 Å². The van der Waals surface area contributed by atoms with Crippen LogP contribution in [0.25, 0.3) is 0 Å². The van der Waals surface area contributed by atoms with Crippen LogP contribution in [0.5, 0.6) is 0 Å². The summed E-state index contributed by atoms with van der Waals surface area (Å²) in [5.41, 5.74) is 3.69. The van der Waals surface area contributed by atoms with E-state index >= 15 is 0 Å². The number of nitrogens with one attached hydrogen (secondary N) is 3. The smallest absolute Gasteiger partial charge is 0.245 e. The van der Waals surface area contributed by atoms with Crippen LogP contribution < -0.4 is 16.0 Å². The van der Waals surface area contributed by atoms with Crippen LogP contribution in [0.2, 0.25) is 5.02 Å². The number of benzene rings is 3. The lowest BCUT2D eigenvalue weighted by Crippen LogP contribution is -2.58. The van der Waals surface area contributed by atoms with Crippen molar-refractivity contribution in [2.24, 2.45) is 0 Å². The van der Waals surface area contributed by atoms with Gasteiger partial charge < -0.3 is 20.9 Å². The van der Waals surface area contributed by atoms with Crippen molar-refractivity contribution >= 4 is 41.7 Å². The summed E-state index contributed by atoms with van der Waals surface area (Å²) in [6.45, 7) is 4.09. The Morgan fingerprint density at radius 3 is 2.30 bits per heavy atom. The van der Waals surface area contributed by atoms with Crippen LogP contribution in [0.4, 0.5) is 4.39 Å². The van der Waals surface area contributed by atoms with Gasteiger partial charge in [-0.1, -0.05) is 66.2 Å². The summed E-state index contributed by atoms with van der Waals surface area (Å²) in [5, 5.41) is 9.77. The van der Waals surface area contributed by atoms with E-state index in [1.807, 2.05) is 30.3 Å². The largest absolute Gasteiger partial charge is 0.354 e. The minimum absolute atomic E-state index is 0. The molecule has 11 heteroatoms. The number of hydrogen-bond acceptors (Lipinski definition) is 5. The van der Waals surface area contributed by atoms with Gasteiger partial charge >= 0.3 is 0 Å². The summed E-state index contributed by atoms with van der Waals surface area (Å²) in [6.07, 6.45) is 0.875. The first-order chi connectivity index (χ1) is 20.8. The van der Waals surface area contributed by atoms with Gasteiger partial charge in [-0.3, -0.25) is 19.3 Å². The van der Waals surface area contributed by atoms with Gasteiger partial charge in [0.15, 0.2) is 0 Å². The van der Waals surface area contributed by atoms with E-state index in [1.54, 1.807) is 35.2 Å². The summed E-state index contributed by atoms with van der Waals surface area (Å²) in [5.74, 6) is -0.897. The molecular weight excluding hydrogens is 604 g/mol. The molecule has 3 amide bonds. The van der Waals surface area contributed by atoms with Gasteiger partial charge in [-0.15, -0.1) is 12.4 Å². The van der Waals surface area contributed by atoms with Gasteiger partial charge in [0.2, 0.25) is 17.7 Å². The zero-order chi connectivity index (χ0) is 30.3. The van der Waals surface area contributed by atoms with Crippen molar-refractivity contribution in [3.8, 4) is 0 Å². The maximum absolute atomic E-state index is 14.8. The number of fused-ring (bicyclic) bond motifs is 1. The van der Waals surface area contributed by atoms with Crippen molar-refractivity contribution in [1.29, 1.82) is 0 Å². The third kappa shape index (κ3) is 8.35. The summed E-state index contributed by atoms with van der Waals surface area (Å²) < 4.78 is 14.8. The van der Waals surface area contributed by atoms with Gasteiger partial charge in [0.25, 0.3) is 0 Å². The van der Waals surface area contributed by atoms with Crippen LogP contribution in [0, 0.1) is 5.82 Å². The second kappa shape index (κ2) is 15.5. The molecule has 2 aliphatic rings. The van der Waals surface area contributed by atoms with E-state index in [4.69, 9.17) is 11.6 Å². The molecule has 234 valence electrons. The van der Waals surface area contributed by atoms with Gasteiger partial charge in [0, 0.05) is 63.2 Å². The van der Waals surface area contributed by atoms with E-state index in [0.29, 0.717) is 56.2 Å². The van der Waals surface area contributed by atoms with E-state index in [2.05, 4.69) is 26.9 Å². The average Bonchev–Trinajstić information content (AvgIpc) is 3.02. The lowest BCUT2D eigenvalue weighted by Gasteiger charge is -2.40. The molecule has 44 heavy (non-hydrogen) atoms. The SMILES string of the molecule is CC(=O)NCC(c1ccccc1F)N1CCN(C(=O)[C@@H](Cc2ccc(Cl)cc2)NC(=O)[C@H]2Cc3ccccc3CN2)CC1.Cl. The first kappa shape index (κ1) is 33.4. The van der Waals surface area contributed by atoms with Crippen molar-refractivity contribution < 1.29 is 18.8 Å². The number of carbonyl (C=O) groups excluding carboxylic acids is 3. The van der Waals surface area contributed by atoms with Crippen LogP contribution in [0.3, 0.4) is 0 Å². The Balaban J connectivity index is 0.00000442. The van der Waals surface area contributed by atoms with Gasteiger partial charge in [-0.2, -0.15) is 0 Å². The molecule has 0 aliphatic carbocycles. The summed E-state index contributed by atoms with van der Waals surface area (Å²) in [7, 11) is 0. The van der Waals surface area contributed by atoms with Crippen LogP contribution in [-0.2, 0) is 33.8 Å². The molecule has 1 unspecified atom stereocenters. The molecule has 0 saturated carbocycles. The van der Waals surface area contributed by atoms with E-state index < -0.39 is 12.1 Å². The molecule has 3 atom stereocenters. The molecule has 8 nitrogen and oxygen atoms in total. The molecule has 0 aromatic heterocycles. The monoisotopic (exact) mass is 641 g/mol. The molecular formula is C33H38Cl2FN5O3. The molecule has 1 saturated heterocycles. The Hall–Kier alpha value is -3.50. The topological polar surface area (TPSA) is 93.8 Å². The molecule has 2 heterocycles. The fourth-order valence-electron chi connectivity index (χ4n) is 5.86. The maximum Gasteiger partial charge on any atom is 0.245 e. The molecule has 0 spiro atoms. The second-order valence-corrected chi connectivity index (χ2v) is 11.6. The lowest BCUT2D eigenvalue weighted by molar-refractivity contribution is -0.138. The van der Waals surface area contributed by atoms with Crippen molar-refractivity contribution in [3.63, 3.8) is 0 Å². The first-order valence-electron chi connectivity index (χ1n) is 14.6. The Morgan fingerprint density at radius 1 is 0.955 bits per heavy atom. The predicted octanol–water partition coefficient (Wildman–Crippen LogP) is 3.66. The van der Waals surface area contributed by atoms with Crippen molar-refractivity contribution in [2.75, 3.05) is 32.7 Å². The lowest BCUT2D eigenvalue weighted by atomic mass is 9.95. The highest BCUT2D eigenvalue weighted by Crippen LogP contribution is 2.25. The Labute approximate surface area is 268 Å². The third-order valence-electron chi connectivity index (χ3n) is 8.24. The molecule has 2 aliphatic heterocycles. The fraction of sp³-hybridized carbons (Fsp3) is 0.364. The first-order valence-corrected chi connectivity index (χ1v) is 15.0. The minimum Gasteiger partial charge on any atom is -0.354 e. The van der Waals surface area contributed by atoms with Crippen molar-refractivity contribution in [2.45, 2.75) is 44.4 Å². The number of nitrogens with zero attached hydrogens (tertiary/aromatic N) is 2.